The predicted octanol–water partition coefficient (Wildman–Crippen LogP) is 7.09. The number of hydrogen-bond acceptors (Lipinski definition) is 4. The van der Waals surface area contributed by atoms with Gasteiger partial charge < -0.3 is 20.1 Å². The summed E-state index contributed by atoms with van der Waals surface area (Å²) in [6, 6.07) is 11.2. The third kappa shape index (κ3) is 7.63. The third-order valence-corrected chi connectivity index (χ3v) is 6.79. The summed E-state index contributed by atoms with van der Waals surface area (Å²) in [5.74, 6) is -0.0108. The highest BCUT2D eigenvalue weighted by molar-refractivity contribution is 5.90. The van der Waals surface area contributed by atoms with Crippen LogP contribution in [-0.4, -0.2) is 25.5 Å². The van der Waals surface area contributed by atoms with Crippen molar-refractivity contribution in [2.24, 2.45) is 17.3 Å². The van der Waals surface area contributed by atoms with Crippen molar-refractivity contribution in [3.63, 3.8) is 0 Å². The van der Waals surface area contributed by atoms with E-state index < -0.39 is 18.4 Å². The number of rotatable bonds is 6. The van der Waals surface area contributed by atoms with Gasteiger partial charge in [0.25, 0.3) is 0 Å². The van der Waals surface area contributed by atoms with Gasteiger partial charge in [-0.25, -0.2) is 9.59 Å². The molecule has 0 spiro atoms. The van der Waals surface area contributed by atoms with Gasteiger partial charge in [0.15, 0.2) is 0 Å². The first-order valence-electron chi connectivity index (χ1n) is 12.0. The molecule has 0 heterocycles. The van der Waals surface area contributed by atoms with Gasteiger partial charge in [-0.1, -0.05) is 32.9 Å². The Labute approximate surface area is 209 Å². The highest BCUT2D eigenvalue weighted by Gasteiger charge is 2.34. The fourth-order valence-corrected chi connectivity index (χ4v) is 4.78. The minimum atomic E-state index is -4.78. The molecule has 0 aliphatic heterocycles. The molecular formula is C27H33F3N2O4. The van der Waals surface area contributed by atoms with Gasteiger partial charge in [0.2, 0.25) is 0 Å². The van der Waals surface area contributed by atoms with Crippen molar-refractivity contribution < 1.29 is 32.2 Å². The van der Waals surface area contributed by atoms with Gasteiger partial charge in [-0.05, 0) is 84.9 Å². The largest absolute Gasteiger partial charge is 0.573 e. The van der Waals surface area contributed by atoms with E-state index in [1.165, 1.54) is 19.2 Å². The molecule has 1 aliphatic rings. The van der Waals surface area contributed by atoms with Gasteiger partial charge in [-0.15, -0.1) is 13.2 Å². The summed E-state index contributed by atoms with van der Waals surface area (Å²) in [5.41, 5.74) is 1.83. The zero-order valence-corrected chi connectivity index (χ0v) is 20.9. The molecule has 1 atom stereocenters. The minimum absolute atomic E-state index is 0.195. The number of alkyl halides is 3. The van der Waals surface area contributed by atoms with Crippen molar-refractivity contribution in [3.8, 4) is 5.75 Å². The van der Waals surface area contributed by atoms with Crippen molar-refractivity contribution in [1.82, 2.24) is 5.32 Å². The third-order valence-electron chi connectivity index (χ3n) is 6.79. The van der Waals surface area contributed by atoms with E-state index in [0.29, 0.717) is 17.2 Å². The molecule has 3 rings (SSSR count). The Hall–Kier alpha value is -3.23. The summed E-state index contributed by atoms with van der Waals surface area (Å²) < 4.78 is 45.8. The van der Waals surface area contributed by atoms with Crippen LogP contribution in [0.3, 0.4) is 0 Å². The second-order valence-electron chi connectivity index (χ2n) is 10.2. The summed E-state index contributed by atoms with van der Waals surface area (Å²) in [7, 11) is 1.32. The number of methoxy groups -OCH3 is 1. The normalized spacial score (nSPS) is 19.2. The number of benzene rings is 2. The first-order chi connectivity index (χ1) is 16.9. The molecule has 0 bridgehead atoms. The lowest BCUT2D eigenvalue weighted by atomic mass is 9.68. The molecule has 2 amide bonds. The maximum Gasteiger partial charge on any atom is 0.573 e. The Morgan fingerprint density at radius 1 is 0.917 bits per heavy atom. The first-order valence-corrected chi connectivity index (χ1v) is 12.0. The van der Waals surface area contributed by atoms with Crippen LogP contribution in [0.1, 0.15) is 68.4 Å². The van der Waals surface area contributed by atoms with Gasteiger partial charge in [0.05, 0.1) is 18.7 Å². The van der Waals surface area contributed by atoms with Gasteiger partial charge in [0.1, 0.15) is 5.75 Å². The Bertz CT molecular complexity index is 1020. The molecular weight excluding hydrogens is 473 g/mol. The SMILES string of the molecule is COC(=O)c1ccc(C(NC(=O)Nc2ccc(OC(F)(F)F)cc2)[C@H]2CC[C@H](C(C)(C)C)CC2)cc1. The zero-order valence-electron chi connectivity index (χ0n) is 20.9. The number of esters is 1. The van der Waals surface area contributed by atoms with E-state index in [1.807, 2.05) is 12.1 Å². The van der Waals surface area contributed by atoms with Crippen molar-refractivity contribution in [1.29, 1.82) is 0 Å². The highest BCUT2D eigenvalue weighted by Crippen LogP contribution is 2.43. The molecule has 1 unspecified atom stereocenters. The smallest absolute Gasteiger partial charge is 0.465 e. The molecule has 1 fully saturated rings. The summed E-state index contributed by atoms with van der Waals surface area (Å²) in [4.78, 5) is 24.7. The topological polar surface area (TPSA) is 76.7 Å². The van der Waals surface area contributed by atoms with E-state index in [-0.39, 0.29) is 23.1 Å². The van der Waals surface area contributed by atoms with E-state index >= 15 is 0 Å². The van der Waals surface area contributed by atoms with Crippen LogP contribution in [-0.2, 0) is 4.74 Å². The Morgan fingerprint density at radius 2 is 1.50 bits per heavy atom. The quantitative estimate of drug-likeness (QED) is 0.410. The lowest BCUT2D eigenvalue weighted by molar-refractivity contribution is -0.274. The maximum atomic E-state index is 12.9. The summed E-state index contributed by atoms with van der Waals surface area (Å²) in [5, 5.41) is 5.73. The van der Waals surface area contributed by atoms with E-state index in [4.69, 9.17) is 4.74 Å². The number of carbonyl (C=O) groups excluding carboxylic acids is 2. The number of carbonyl (C=O) groups is 2. The fraction of sp³-hybridized carbons (Fsp3) is 0.481. The van der Waals surface area contributed by atoms with E-state index in [9.17, 15) is 22.8 Å². The fourth-order valence-electron chi connectivity index (χ4n) is 4.78. The summed E-state index contributed by atoms with van der Waals surface area (Å²) in [6.45, 7) is 6.74. The van der Waals surface area contributed by atoms with Crippen LogP contribution in [0.25, 0.3) is 0 Å². The molecule has 196 valence electrons. The van der Waals surface area contributed by atoms with Crippen LogP contribution in [0.15, 0.2) is 48.5 Å². The van der Waals surface area contributed by atoms with E-state index in [1.54, 1.807) is 12.1 Å². The summed E-state index contributed by atoms with van der Waals surface area (Å²) in [6.07, 6.45) is -0.803. The summed E-state index contributed by atoms with van der Waals surface area (Å²) >= 11 is 0. The molecule has 36 heavy (non-hydrogen) atoms. The van der Waals surface area contributed by atoms with Crippen LogP contribution >= 0.6 is 0 Å². The molecule has 0 aromatic heterocycles. The number of halogens is 3. The number of nitrogens with one attached hydrogen (secondary N) is 2. The highest BCUT2D eigenvalue weighted by atomic mass is 19.4. The second kappa shape index (κ2) is 11.2. The van der Waals surface area contributed by atoms with Crippen molar-refractivity contribution in [2.75, 3.05) is 12.4 Å². The monoisotopic (exact) mass is 506 g/mol. The van der Waals surface area contributed by atoms with Crippen LogP contribution in [0, 0.1) is 17.3 Å². The molecule has 2 N–H and O–H groups in total. The van der Waals surface area contributed by atoms with Crippen LogP contribution in [0.5, 0.6) is 5.75 Å². The van der Waals surface area contributed by atoms with Crippen LogP contribution < -0.4 is 15.4 Å². The number of anilines is 1. The molecule has 6 nitrogen and oxygen atoms in total. The Balaban J connectivity index is 1.73. The second-order valence-corrected chi connectivity index (χ2v) is 10.2. The lowest BCUT2D eigenvalue weighted by Crippen LogP contribution is -2.38. The number of amides is 2. The van der Waals surface area contributed by atoms with Crippen LogP contribution in [0.4, 0.5) is 23.7 Å². The van der Waals surface area contributed by atoms with Gasteiger partial charge in [0, 0.05) is 5.69 Å². The maximum absolute atomic E-state index is 12.9. The van der Waals surface area contributed by atoms with E-state index in [0.717, 1.165) is 43.4 Å². The first kappa shape index (κ1) is 27.4. The van der Waals surface area contributed by atoms with Gasteiger partial charge in [-0.2, -0.15) is 0 Å². The van der Waals surface area contributed by atoms with E-state index in [2.05, 4.69) is 36.1 Å². The number of hydrogen-bond donors (Lipinski definition) is 2. The van der Waals surface area contributed by atoms with Gasteiger partial charge in [-0.3, -0.25) is 0 Å². The molecule has 1 saturated carbocycles. The Morgan fingerprint density at radius 3 is 2.00 bits per heavy atom. The molecule has 0 saturated heterocycles. The standard InChI is InChI=1S/C27H33F3N2O4/c1-26(2,3)20-11-9-18(10-12-20)23(17-5-7-19(8-6-17)24(33)35-4)32-25(34)31-21-13-15-22(16-14-21)36-27(28,29)30/h5-8,13-16,18,20,23H,9-12H2,1-4H3,(H2,31,32,34)/t18-,20-,23?. The van der Waals surface area contributed by atoms with Crippen LogP contribution in [0.2, 0.25) is 0 Å². The number of ether oxygens (including phenoxy) is 2. The number of urea groups is 1. The van der Waals surface area contributed by atoms with Crippen molar-refractivity contribution in [3.05, 3.63) is 59.7 Å². The Kier molecular flexibility index (Phi) is 8.53. The predicted molar refractivity (Wildman–Crippen MR) is 131 cm³/mol. The molecule has 1 aliphatic carbocycles. The lowest BCUT2D eigenvalue weighted by Gasteiger charge is -2.39. The molecule has 0 radical (unpaired) electrons. The zero-order chi connectivity index (χ0) is 26.5. The molecule has 2 aromatic carbocycles. The average molecular weight is 507 g/mol. The molecule has 2 aromatic rings. The minimum Gasteiger partial charge on any atom is -0.465 e. The van der Waals surface area contributed by atoms with Gasteiger partial charge >= 0.3 is 18.4 Å². The van der Waals surface area contributed by atoms with Crippen molar-refractivity contribution >= 4 is 17.7 Å². The van der Waals surface area contributed by atoms with Crippen molar-refractivity contribution in [2.45, 2.75) is 58.9 Å². The molecule has 9 heteroatoms. The average Bonchev–Trinajstić information content (AvgIpc) is 2.82.